The first kappa shape index (κ1) is 21.5. The number of fused-ring (bicyclic) bond motifs is 3. The molecule has 0 saturated carbocycles. The summed E-state index contributed by atoms with van der Waals surface area (Å²) in [6.07, 6.45) is 6.55. The van der Waals surface area contributed by atoms with E-state index < -0.39 is 0 Å². The number of amides is 1. The third-order valence-corrected chi connectivity index (χ3v) is 7.67. The van der Waals surface area contributed by atoms with E-state index in [1.54, 1.807) is 0 Å². The minimum absolute atomic E-state index is 0.0357. The van der Waals surface area contributed by atoms with Crippen molar-refractivity contribution in [2.75, 3.05) is 31.1 Å². The molecule has 2 aliphatic rings. The monoisotopic (exact) mass is 428 g/mol. The molecule has 0 unspecified atom stereocenters. The number of hydrogen-bond acceptors (Lipinski definition) is 5. The maximum absolute atomic E-state index is 12.7. The number of aryl methyl sites for hydroxylation is 2. The molecule has 164 valence electrons. The van der Waals surface area contributed by atoms with Crippen molar-refractivity contribution in [2.45, 2.75) is 79.1 Å². The summed E-state index contributed by atoms with van der Waals surface area (Å²) in [7, 11) is 0. The minimum atomic E-state index is 0.0357. The molecule has 5 nitrogen and oxygen atoms in total. The Bertz CT molecular complexity index is 921. The van der Waals surface area contributed by atoms with Gasteiger partial charge in [0.25, 0.3) is 0 Å². The Morgan fingerprint density at radius 2 is 1.80 bits per heavy atom. The molecule has 1 saturated heterocycles. The molecule has 2 aromatic rings. The first-order chi connectivity index (χ1) is 14.3. The number of rotatable bonds is 4. The van der Waals surface area contributed by atoms with Gasteiger partial charge < -0.3 is 9.80 Å². The summed E-state index contributed by atoms with van der Waals surface area (Å²) < 4.78 is 0. The molecule has 0 aromatic carbocycles. The summed E-state index contributed by atoms with van der Waals surface area (Å²) >= 11 is 1.89. The van der Waals surface area contributed by atoms with Crippen LogP contribution in [0.2, 0.25) is 0 Å². The molecule has 3 heterocycles. The van der Waals surface area contributed by atoms with Crippen molar-refractivity contribution >= 4 is 33.3 Å². The van der Waals surface area contributed by atoms with Crippen LogP contribution in [0.15, 0.2) is 0 Å². The first-order valence-corrected chi connectivity index (χ1v) is 12.4. The van der Waals surface area contributed by atoms with Crippen molar-refractivity contribution in [1.29, 1.82) is 0 Å². The Hall–Kier alpha value is -1.69. The molecule has 4 rings (SSSR count). The molecule has 6 heteroatoms. The fraction of sp³-hybridized carbons (Fsp3) is 0.708. The van der Waals surface area contributed by atoms with Crippen LogP contribution in [0, 0.1) is 5.41 Å². The number of hydrogen-bond donors (Lipinski definition) is 0. The van der Waals surface area contributed by atoms with Gasteiger partial charge in [-0.05, 0) is 43.1 Å². The minimum Gasteiger partial charge on any atom is -0.352 e. The average Bonchev–Trinajstić information content (AvgIpc) is 3.10. The van der Waals surface area contributed by atoms with E-state index in [-0.39, 0.29) is 11.3 Å². The number of nitrogens with zero attached hydrogens (tertiary/aromatic N) is 4. The van der Waals surface area contributed by atoms with Crippen molar-refractivity contribution in [3.8, 4) is 0 Å². The SMILES string of the molecule is CC[C@H](C)c1nc(N2CCN(C(=O)CC(C)(C)C)CC2)c2c3c(sc2n1)CCCC3. The molecular formula is C24H36N4OS. The number of aromatic nitrogens is 2. The van der Waals surface area contributed by atoms with Gasteiger partial charge in [0.15, 0.2) is 0 Å². The number of thiophene rings is 1. The molecule has 2 aromatic heterocycles. The quantitative estimate of drug-likeness (QED) is 0.674. The van der Waals surface area contributed by atoms with Crippen molar-refractivity contribution in [1.82, 2.24) is 14.9 Å². The summed E-state index contributed by atoms with van der Waals surface area (Å²) in [5.74, 6) is 2.74. The third-order valence-electron chi connectivity index (χ3n) is 6.48. The van der Waals surface area contributed by atoms with E-state index in [1.165, 1.54) is 39.9 Å². The van der Waals surface area contributed by atoms with Crippen LogP contribution < -0.4 is 4.90 Å². The van der Waals surface area contributed by atoms with E-state index in [0.29, 0.717) is 12.3 Å². The zero-order valence-electron chi connectivity index (χ0n) is 19.3. The normalized spacial score (nSPS) is 18.6. The van der Waals surface area contributed by atoms with Gasteiger partial charge >= 0.3 is 0 Å². The van der Waals surface area contributed by atoms with Gasteiger partial charge in [-0.3, -0.25) is 4.79 Å². The molecule has 1 aliphatic carbocycles. The van der Waals surface area contributed by atoms with Crippen LogP contribution in [0.5, 0.6) is 0 Å². The van der Waals surface area contributed by atoms with Crippen molar-refractivity contribution in [3.05, 3.63) is 16.3 Å². The molecule has 0 N–H and O–H groups in total. The molecule has 1 fully saturated rings. The summed E-state index contributed by atoms with van der Waals surface area (Å²) in [5, 5.41) is 1.30. The van der Waals surface area contributed by atoms with Crippen molar-refractivity contribution in [3.63, 3.8) is 0 Å². The summed E-state index contributed by atoms with van der Waals surface area (Å²) in [6.45, 7) is 14.1. The van der Waals surface area contributed by atoms with E-state index in [0.717, 1.165) is 50.7 Å². The van der Waals surface area contributed by atoms with Crippen LogP contribution in [0.25, 0.3) is 10.2 Å². The predicted molar refractivity (Wildman–Crippen MR) is 126 cm³/mol. The third kappa shape index (κ3) is 4.34. The number of piperazine rings is 1. The second-order valence-corrected chi connectivity index (χ2v) is 11.3. The lowest BCUT2D eigenvalue weighted by Gasteiger charge is -2.37. The zero-order chi connectivity index (χ0) is 21.5. The Kier molecular flexibility index (Phi) is 6.06. The Labute approximate surface area is 184 Å². The molecule has 1 atom stereocenters. The lowest BCUT2D eigenvalue weighted by atomic mass is 9.91. The Morgan fingerprint density at radius 1 is 1.10 bits per heavy atom. The number of carbonyl (C=O) groups excluding carboxylic acids is 1. The van der Waals surface area contributed by atoms with Crippen LogP contribution in [0.3, 0.4) is 0 Å². The Morgan fingerprint density at radius 3 is 2.47 bits per heavy atom. The van der Waals surface area contributed by atoms with Crippen LogP contribution in [0.1, 0.15) is 82.5 Å². The van der Waals surface area contributed by atoms with E-state index in [2.05, 4.69) is 39.5 Å². The predicted octanol–water partition coefficient (Wildman–Crippen LogP) is 5.17. The Balaban J connectivity index is 1.63. The average molecular weight is 429 g/mol. The summed E-state index contributed by atoms with van der Waals surface area (Å²) in [6, 6.07) is 0. The standard InChI is InChI=1S/C24H36N4OS/c1-6-16(2)21-25-22(20-17-9-7-8-10-18(17)30-23(20)26-21)28-13-11-27(12-14-28)19(29)15-24(3,4)5/h16H,6-15H2,1-5H3/t16-/m0/s1. The van der Waals surface area contributed by atoms with Gasteiger partial charge in [-0.1, -0.05) is 34.6 Å². The maximum atomic E-state index is 12.7. The van der Waals surface area contributed by atoms with Gasteiger partial charge in [0.1, 0.15) is 16.5 Å². The number of carbonyl (C=O) groups is 1. The van der Waals surface area contributed by atoms with Gasteiger partial charge in [0.2, 0.25) is 5.91 Å². The molecular weight excluding hydrogens is 392 g/mol. The topological polar surface area (TPSA) is 49.3 Å². The van der Waals surface area contributed by atoms with Gasteiger partial charge in [-0.2, -0.15) is 0 Å². The zero-order valence-corrected chi connectivity index (χ0v) is 20.1. The lowest BCUT2D eigenvalue weighted by Crippen LogP contribution is -2.49. The van der Waals surface area contributed by atoms with Crippen LogP contribution >= 0.6 is 11.3 Å². The fourth-order valence-corrected chi connectivity index (χ4v) is 5.78. The molecule has 0 radical (unpaired) electrons. The summed E-state index contributed by atoms with van der Waals surface area (Å²) in [5.41, 5.74) is 1.53. The molecule has 30 heavy (non-hydrogen) atoms. The molecule has 1 amide bonds. The first-order valence-electron chi connectivity index (χ1n) is 11.6. The highest BCUT2D eigenvalue weighted by Crippen LogP contribution is 2.40. The largest absolute Gasteiger partial charge is 0.352 e. The lowest BCUT2D eigenvalue weighted by molar-refractivity contribution is -0.133. The second-order valence-electron chi connectivity index (χ2n) is 10.2. The smallest absolute Gasteiger partial charge is 0.223 e. The highest BCUT2D eigenvalue weighted by molar-refractivity contribution is 7.19. The summed E-state index contributed by atoms with van der Waals surface area (Å²) in [4.78, 5) is 30.0. The van der Waals surface area contributed by atoms with Gasteiger partial charge in [-0.15, -0.1) is 11.3 Å². The highest BCUT2D eigenvalue weighted by Gasteiger charge is 2.29. The van der Waals surface area contributed by atoms with Crippen molar-refractivity contribution < 1.29 is 4.79 Å². The van der Waals surface area contributed by atoms with Crippen molar-refractivity contribution in [2.24, 2.45) is 5.41 Å². The van der Waals surface area contributed by atoms with Gasteiger partial charge in [0, 0.05) is 43.4 Å². The van der Waals surface area contributed by atoms with Crippen LogP contribution in [-0.4, -0.2) is 47.0 Å². The second kappa shape index (κ2) is 8.45. The van der Waals surface area contributed by atoms with Gasteiger partial charge in [-0.25, -0.2) is 9.97 Å². The van der Waals surface area contributed by atoms with E-state index >= 15 is 0 Å². The van der Waals surface area contributed by atoms with E-state index in [4.69, 9.17) is 9.97 Å². The molecule has 1 aliphatic heterocycles. The fourth-order valence-electron chi connectivity index (χ4n) is 4.52. The molecule has 0 bridgehead atoms. The van der Waals surface area contributed by atoms with E-state index in [1.807, 2.05) is 16.2 Å². The van der Waals surface area contributed by atoms with Crippen LogP contribution in [0.4, 0.5) is 5.82 Å². The van der Waals surface area contributed by atoms with E-state index in [9.17, 15) is 4.79 Å². The van der Waals surface area contributed by atoms with Gasteiger partial charge in [0.05, 0.1) is 5.39 Å². The highest BCUT2D eigenvalue weighted by atomic mass is 32.1. The molecule has 0 spiro atoms. The number of anilines is 1. The van der Waals surface area contributed by atoms with Crippen LogP contribution in [-0.2, 0) is 17.6 Å². The maximum Gasteiger partial charge on any atom is 0.223 e.